The minimum atomic E-state index is 0.129. The van der Waals surface area contributed by atoms with Crippen LogP contribution in [0.5, 0.6) is 0 Å². The maximum Gasteiger partial charge on any atom is 0.184 e. The van der Waals surface area contributed by atoms with Gasteiger partial charge in [0.15, 0.2) is 5.11 Å². The van der Waals surface area contributed by atoms with Crippen LogP contribution in [0.1, 0.15) is 11.1 Å². The zero-order valence-electron chi connectivity index (χ0n) is 10.6. The zero-order chi connectivity index (χ0) is 14.4. The molecule has 0 saturated heterocycles. The first-order valence-electron chi connectivity index (χ1n) is 5.88. The molecule has 0 unspecified atom stereocenters. The number of thiocarbonyl (C=S) groups is 1. The van der Waals surface area contributed by atoms with E-state index in [9.17, 15) is 0 Å². The average molecular weight is 280 g/mol. The fourth-order valence-corrected chi connectivity index (χ4v) is 1.76. The summed E-state index contributed by atoms with van der Waals surface area (Å²) in [4.78, 5) is 0. The lowest BCUT2D eigenvalue weighted by atomic mass is 10.0. The number of hydrogen-bond donors (Lipinski definition) is 2. The van der Waals surface area contributed by atoms with Crippen LogP contribution < -0.4 is 11.2 Å². The van der Waals surface area contributed by atoms with Crippen LogP contribution in [0, 0.1) is 11.3 Å². The molecular formula is C15H12N4S. The third-order valence-electron chi connectivity index (χ3n) is 2.62. The fourth-order valence-electron chi connectivity index (χ4n) is 1.71. The first-order valence-corrected chi connectivity index (χ1v) is 6.29. The summed E-state index contributed by atoms with van der Waals surface area (Å²) < 4.78 is 0. The van der Waals surface area contributed by atoms with Crippen LogP contribution >= 0.6 is 12.2 Å². The second-order valence-electron chi connectivity index (χ2n) is 4.05. The van der Waals surface area contributed by atoms with Gasteiger partial charge in [0.25, 0.3) is 0 Å². The lowest BCUT2D eigenvalue weighted by molar-refractivity contribution is 1.04. The first kappa shape index (κ1) is 13.7. The number of nitriles is 1. The Hall–Kier alpha value is -2.71. The van der Waals surface area contributed by atoms with Crippen LogP contribution in [0.2, 0.25) is 0 Å². The average Bonchev–Trinajstić information content (AvgIpc) is 2.47. The standard InChI is InChI=1S/C15H12N4S/c16-9-11-4-6-13(7-5-11)14-3-1-2-12(8-14)10-18-19-15(17)20/h1-8,10H,(H3,17,19,20). The van der Waals surface area contributed by atoms with Crippen LogP contribution in [-0.2, 0) is 0 Å². The lowest BCUT2D eigenvalue weighted by Gasteiger charge is -2.03. The van der Waals surface area contributed by atoms with Crippen molar-refractivity contribution in [3.63, 3.8) is 0 Å². The molecule has 0 aromatic heterocycles. The molecule has 0 heterocycles. The van der Waals surface area contributed by atoms with Crippen molar-refractivity contribution in [3.8, 4) is 17.2 Å². The van der Waals surface area contributed by atoms with E-state index in [-0.39, 0.29) is 5.11 Å². The normalized spacial score (nSPS) is 10.2. The van der Waals surface area contributed by atoms with Gasteiger partial charge in [0.05, 0.1) is 17.8 Å². The maximum atomic E-state index is 8.79. The van der Waals surface area contributed by atoms with Crippen LogP contribution in [-0.4, -0.2) is 11.3 Å². The van der Waals surface area contributed by atoms with Gasteiger partial charge in [-0.05, 0) is 47.1 Å². The van der Waals surface area contributed by atoms with Crippen LogP contribution in [0.15, 0.2) is 53.6 Å². The molecule has 0 fully saturated rings. The van der Waals surface area contributed by atoms with E-state index in [0.29, 0.717) is 5.56 Å². The second kappa shape index (κ2) is 6.45. The van der Waals surface area contributed by atoms with E-state index < -0.39 is 0 Å². The monoisotopic (exact) mass is 280 g/mol. The van der Waals surface area contributed by atoms with E-state index in [2.05, 4.69) is 28.8 Å². The molecule has 0 radical (unpaired) electrons. The van der Waals surface area contributed by atoms with Gasteiger partial charge < -0.3 is 5.73 Å². The van der Waals surface area contributed by atoms with Gasteiger partial charge >= 0.3 is 0 Å². The molecule has 3 N–H and O–H groups in total. The Morgan fingerprint density at radius 3 is 2.60 bits per heavy atom. The largest absolute Gasteiger partial charge is 0.375 e. The minimum Gasteiger partial charge on any atom is -0.375 e. The van der Waals surface area contributed by atoms with Crippen molar-refractivity contribution in [1.82, 2.24) is 5.43 Å². The lowest BCUT2D eigenvalue weighted by Crippen LogP contribution is -2.23. The predicted molar refractivity (Wildman–Crippen MR) is 84.1 cm³/mol. The van der Waals surface area contributed by atoms with Gasteiger partial charge in [0.1, 0.15) is 0 Å². The molecule has 2 aromatic carbocycles. The summed E-state index contributed by atoms with van der Waals surface area (Å²) >= 11 is 4.66. The number of rotatable bonds is 3. The number of benzene rings is 2. The van der Waals surface area contributed by atoms with Gasteiger partial charge in [-0.25, -0.2) is 0 Å². The van der Waals surface area contributed by atoms with Crippen molar-refractivity contribution in [2.24, 2.45) is 10.8 Å². The number of nitrogens with zero attached hydrogens (tertiary/aromatic N) is 2. The summed E-state index contributed by atoms with van der Waals surface area (Å²) in [5, 5.41) is 12.8. The Kier molecular flexibility index (Phi) is 4.43. The van der Waals surface area contributed by atoms with E-state index in [1.54, 1.807) is 18.3 Å². The Labute approximate surface area is 122 Å². The van der Waals surface area contributed by atoms with E-state index in [4.69, 9.17) is 11.0 Å². The number of nitrogens with two attached hydrogens (primary N) is 1. The van der Waals surface area contributed by atoms with Crippen molar-refractivity contribution >= 4 is 23.5 Å². The molecular weight excluding hydrogens is 268 g/mol. The summed E-state index contributed by atoms with van der Waals surface area (Å²) in [6, 6.07) is 17.4. The second-order valence-corrected chi connectivity index (χ2v) is 4.49. The van der Waals surface area contributed by atoms with Crippen molar-refractivity contribution in [2.45, 2.75) is 0 Å². The van der Waals surface area contributed by atoms with E-state index >= 15 is 0 Å². The highest BCUT2D eigenvalue weighted by Crippen LogP contribution is 2.20. The van der Waals surface area contributed by atoms with Crippen molar-refractivity contribution in [3.05, 3.63) is 59.7 Å². The van der Waals surface area contributed by atoms with Crippen molar-refractivity contribution < 1.29 is 0 Å². The molecule has 0 aliphatic rings. The SMILES string of the molecule is N#Cc1ccc(-c2cccc(C=NNC(N)=S)c2)cc1. The topological polar surface area (TPSA) is 74.2 Å². The molecule has 0 aliphatic heterocycles. The molecule has 2 rings (SSSR count). The summed E-state index contributed by atoms with van der Waals surface area (Å²) in [7, 11) is 0. The van der Waals surface area contributed by atoms with Gasteiger partial charge in [0.2, 0.25) is 0 Å². The van der Waals surface area contributed by atoms with Gasteiger partial charge in [-0.1, -0.05) is 30.3 Å². The Morgan fingerprint density at radius 2 is 1.95 bits per heavy atom. The van der Waals surface area contributed by atoms with Crippen molar-refractivity contribution in [2.75, 3.05) is 0 Å². The molecule has 0 aliphatic carbocycles. The zero-order valence-corrected chi connectivity index (χ0v) is 11.4. The van der Waals surface area contributed by atoms with Gasteiger partial charge in [-0.3, -0.25) is 5.43 Å². The highest BCUT2D eigenvalue weighted by Gasteiger charge is 1.99. The molecule has 0 bridgehead atoms. The number of hydrazone groups is 1. The molecule has 98 valence electrons. The molecule has 0 amide bonds. The highest BCUT2D eigenvalue weighted by molar-refractivity contribution is 7.80. The smallest absolute Gasteiger partial charge is 0.184 e. The van der Waals surface area contributed by atoms with E-state index in [1.165, 1.54) is 0 Å². The molecule has 2 aromatic rings. The van der Waals surface area contributed by atoms with Crippen LogP contribution in [0.3, 0.4) is 0 Å². The van der Waals surface area contributed by atoms with Gasteiger partial charge in [-0.15, -0.1) is 0 Å². The minimum absolute atomic E-state index is 0.129. The third-order valence-corrected chi connectivity index (χ3v) is 2.71. The molecule has 0 atom stereocenters. The first-order chi connectivity index (χ1) is 9.69. The Morgan fingerprint density at radius 1 is 1.20 bits per heavy atom. The summed E-state index contributed by atoms with van der Waals surface area (Å²) in [6.07, 6.45) is 1.65. The molecule has 0 spiro atoms. The van der Waals surface area contributed by atoms with Gasteiger partial charge in [-0.2, -0.15) is 10.4 Å². The fraction of sp³-hybridized carbons (Fsp3) is 0. The number of nitrogens with one attached hydrogen (secondary N) is 1. The highest BCUT2D eigenvalue weighted by atomic mass is 32.1. The maximum absolute atomic E-state index is 8.79. The molecule has 20 heavy (non-hydrogen) atoms. The predicted octanol–water partition coefficient (Wildman–Crippen LogP) is 2.39. The van der Waals surface area contributed by atoms with Crippen LogP contribution in [0.25, 0.3) is 11.1 Å². The summed E-state index contributed by atoms with van der Waals surface area (Å²) in [5.74, 6) is 0. The van der Waals surface area contributed by atoms with E-state index in [0.717, 1.165) is 16.7 Å². The van der Waals surface area contributed by atoms with Gasteiger partial charge in [0, 0.05) is 0 Å². The van der Waals surface area contributed by atoms with Crippen LogP contribution in [0.4, 0.5) is 0 Å². The molecule has 4 nitrogen and oxygen atoms in total. The Bertz CT molecular complexity index is 684. The van der Waals surface area contributed by atoms with Crippen molar-refractivity contribution in [1.29, 1.82) is 5.26 Å². The Balaban J connectivity index is 2.22. The summed E-state index contributed by atoms with van der Waals surface area (Å²) in [6.45, 7) is 0. The molecule has 5 heteroatoms. The summed E-state index contributed by atoms with van der Waals surface area (Å²) in [5.41, 5.74) is 11.5. The third kappa shape index (κ3) is 3.64. The quantitative estimate of drug-likeness (QED) is 0.514. The van der Waals surface area contributed by atoms with E-state index in [1.807, 2.05) is 36.4 Å². The molecule has 0 saturated carbocycles. The number of hydrogen-bond acceptors (Lipinski definition) is 3.